The second kappa shape index (κ2) is 5.46. The number of esters is 1. The van der Waals surface area contributed by atoms with E-state index in [1.165, 1.54) is 7.11 Å². The Morgan fingerprint density at radius 2 is 2.00 bits per heavy atom. The van der Waals surface area contributed by atoms with Gasteiger partial charge in [-0.15, -0.1) is 0 Å². The summed E-state index contributed by atoms with van der Waals surface area (Å²) in [5.41, 5.74) is 1.20. The minimum atomic E-state index is -1.79. The Morgan fingerprint density at radius 3 is 2.47 bits per heavy atom. The van der Waals surface area contributed by atoms with Gasteiger partial charge in [0, 0.05) is 7.05 Å². The molecule has 6 heteroatoms. The molecule has 0 aromatic carbocycles. The molecule has 0 atom stereocenters. The van der Waals surface area contributed by atoms with Crippen molar-refractivity contribution in [3.63, 3.8) is 0 Å². The summed E-state index contributed by atoms with van der Waals surface area (Å²) in [5, 5.41) is 4.29. The maximum absolute atomic E-state index is 11.4. The molecule has 0 fully saturated rings. The Hall–Kier alpha value is -1.14. The highest BCUT2D eigenvalue weighted by Gasteiger charge is 2.37. The van der Waals surface area contributed by atoms with Gasteiger partial charge in [-0.25, -0.2) is 4.79 Å². The number of aromatic nitrogens is 2. The van der Waals surface area contributed by atoms with Crippen molar-refractivity contribution >= 4 is 14.3 Å². The van der Waals surface area contributed by atoms with E-state index in [0.29, 0.717) is 12.3 Å². The quantitative estimate of drug-likeness (QED) is 0.630. The molecule has 5 nitrogen and oxygen atoms in total. The van der Waals surface area contributed by atoms with Gasteiger partial charge in [0.15, 0.2) is 14.0 Å². The number of nitrogens with zero attached hydrogens (tertiary/aromatic N) is 2. The lowest BCUT2D eigenvalue weighted by molar-refractivity contribution is 0.0593. The van der Waals surface area contributed by atoms with Crippen LogP contribution in [0.1, 0.15) is 37.0 Å². The van der Waals surface area contributed by atoms with Gasteiger partial charge in [-0.2, -0.15) is 5.10 Å². The van der Waals surface area contributed by atoms with Crippen LogP contribution in [0.25, 0.3) is 0 Å². The second-order valence-electron chi connectivity index (χ2n) is 6.19. The lowest BCUT2D eigenvalue weighted by Crippen LogP contribution is -2.40. The van der Waals surface area contributed by atoms with E-state index in [2.05, 4.69) is 43.7 Å². The van der Waals surface area contributed by atoms with Gasteiger partial charge in [0.05, 0.1) is 19.4 Å². The summed E-state index contributed by atoms with van der Waals surface area (Å²) < 4.78 is 12.4. The van der Waals surface area contributed by atoms with E-state index >= 15 is 0 Å². The van der Waals surface area contributed by atoms with Crippen molar-refractivity contribution in [3.8, 4) is 0 Å². The van der Waals surface area contributed by atoms with E-state index in [0.717, 1.165) is 5.69 Å². The number of carbonyl (C=O) groups excluding carboxylic acids is 1. The van der Waals surface area contributed by atoms with Crippen molar-refractivity contribution in [2.45, 2.75) is 45.5 Å². The van der Waals surface area contributed by atoms with Crippen molar-refractivity contribution in [1.29, 1.82) is 0 Å². The van der Waals surface area contributed by atoms with Crippen LogP contribution in [-0.4, -0.2) is 31.2 Å². The van der Waals surface area contributed by atoms with Gasteiger partial charge in [-0.3, -0.25) is 4.68 Å². The smallest absolute Gasteiger partial charge is 0.358 e. The van der Waals surface area contributed by atoms with Gasteiger partial charge < -0.3 is 9.16 Å². The Balaban J connectivity index is 2.79. The van der Waals surface area contributed by atoms with Crippen molar-refractivity contribution in [2.75, 3.05) is 7.11 Å². The first-order valence-electron chi connectivity index (χ1n) is 6.33. The summed E-state index contributed by atoms with van der Waals surface area (Å²) >= 11 is 0. The van der Waals surface area contributed by atoms with Crippen LogP contribution in [0, 0.1) is 0 Å². The van der Waals surface area contributed by atoms with Gasteiger partial charge >= 0.3 is 5.97 Å². The van der Waals surface area contributed by atoms with E-state index in [4.69, 9.17) is 4.43 Å². The van der Waals surface area contributed by atoms with Gasteiger partial charge in [-0.1, -0.05) is 20.8 Å². The summed E-state index contributed by atoms with van der Waals surface area (Å²) in [6, 6.07) is 1.72. The zero-order valence-electron chi connectivity index (χ0n) is 12.9. The van der Waals surface area contributed by atoms with Crippen LogP contribution in [0.4, 0.5) is 0 Å². The standard InChI is InChI=1S/C13H24N2O3Si/c1-13(2,3)19(6,7)18-9-10-8-11(12(16)17-5)14-15(10)4/h8H,9H2,1-7H3. The van der Waals surface area contributed by atoms with E-state index in [1.807, 2.05) is 0 Å². The van der Waals surface area contributed by atoms with Crippen LogP contribution < -0.4 is 0 Å². The third-order valence-electron chi connectivity index (χ3n) is 3.76. The predicted molar refractivity (Wildman–Crippen MR) is 76.5 cm³/mol. The van der Waals surface area contributed by atoms with Gasteiger partial charge in [0.2, 0.25) is 0 Å². The minimum absolute atomic E-state index is 0.163. The monoisotopic (exact) mass is 284 g/mol. The molecule has 108 valence electrons. The summed E-state index contributed by atoms with van der Waals surface area (Å²) in [4.78, 5) is 11.4. The normalized spacial score (nSPS) is 12.6. The summed E-state index contributed by atoms with van der Waals surface area (Å²) in [6.07, 6.45) is 0. The molecule has 1 heterocycles. The van der Waals surface area contributed by atoms with E-state index in [-0.39, 0.29) is 5.04 Å². The van der Waals surface area contributed by atoms with Crippen molar-refractivity contribution in [3.05, 3.63) is 17.5 Å². The number of carbonyl (C=O) groups is 1. The third kappa shape index (κ3) is 3.67. The topological polar surface area (TPSA) is 53.4 Å². The summed E-state index contributed by atoms with van der Waals surface area (Å²) in [7, 11) is 1.36. The first kappa shape index (κ1) is 15.9. The fourth-order valence-corrected chi connectivity index (χ4v) is 2.26. The van der Waals surface area contributed by atoms with Crippen LogP contribution >= 0.6 is 0 Å². The Bertz CT molecular complexity index is 461. The molecule has 1 aromatic rings. The molecule has 1 aromatic heterocycles. The number of methoxy groups -OCH3 is 1. The van der Waals surface area contributed by atoms with Crippen LogP contribution in [0.2, 0.25) is 18.1 Å². The molecule has 0 amide bonds. The number of hydrogen-bond donors (Lipinski definition) is 0. The highest BCUT2D eigenvalue weighted by atomic mass is 28.4. The summed E-state index contributed by atoms with van der Waals surface area (Å²) in [5.74, 6) is -0.422. The number of aryl methyl sites for hydroxylation is 1. The molecule has 0 saturated heterocycles. The lowest BCUT2D eigenvalue weighted by atomic mass is 10.2. The second-order valence-corrected chi connectivity index (χ2v) is 11.0. The maximum Gasteiger partial charge on any atom is 0.358 e. The van der Waals surface area contributed by atoms with Crippen LogP contribution in [0.3, 0.4) is 0 Å². The molecule has 0 N–H and O–H groups in total. The molecule has 0 spiro atoms. The highest BCUT2D eigenvalue weighted by molar-refractivity contribution is 6.74. The first-order chi connectivity index (χ1) is 8.58. The zero-order chi connectivity index (χ0) is 14.8. The fraction of sp³-hybridized carbons (Fsp3) is 0.692. The SMILES string of the molecule is COC(=O)c1cc(CO[Si](C)(C)C(C)(C)C)n(C)n1. The molecule has 0 unspecified atom stereocenters. The number of rotatable bonds is 4. The average molecular weight is 284 g/mol. The Labute approximate surface area is 116 Å². The molecule has 0 aliphatic carbocycles. The molecule has 0 aliphatic rings. The average Bonchev–Trinajstić information content (AvgIpc) is 2.65. The van der Waals surface area contributed by atoms with Crippen molar-refractivity contribution in [2.24, 2.45) is 7.05 Å². The van der Waals surface area contributed by atoms with Crippen LogP contribution in [0.5, 0.6) is 0 Å². The number of hydrogen-bond acceptors (Lipinski definition) is 4. The first-order valence-corrected chi connectivity index (χ1v) is 9.24. The van der Waals surface area contributed by atoms with Gasteiger partial charge in [-0.05, 0) is 24.2 Å². The fourth-order valence-electron chi connectivity index (χ4n) is 1.32. The predicted octanol–water partition coefficient (Wildman–Crippen LogP) is 2.73. The zero-order valence-corrected chi connectivity index (χ0v) is 13.9. The molecular formula is C13H24N2O3Si. The third-order valence-corrected chi connectivity index (χ3v) is 8.24. The van der Waals surface area contributed by atoms with E-state index in [1.54, 1.807) is 17.8 Å². The van der Waals surface area contributed by atoms with Gasteiger partial charge in [0.1, 0.15) is 0 Å². The molecule has 1 rings (SSSR count). The Kier molecular flexibility index (Phi) is 4.57. The van der Waals surface area contributed by atoms with Crippen LogP contribution in [0.15, 0.2) is 6.07 Å². The maximum atomic E-state index is 11.4. The summed E-state index contributed by atoms with van der Waals surface area (Å²) in [6.45, 7) is 11.5. The van der Waals surface area contributed by atoms with Crippen LogP contribution in [-0.2, 0) is 22.8 Å². The van der Waals surface area contributed by atoms with E-state index in [9.17, 15) is 4.79 Å². The van der Waals surface area contributed by atoms with E-state index < -0.39 is 14.3 Å². The highest BCUT2D eigenvalue weighted by Crippen LogP contribution is 2.37. The molecular weight excluding hydrogens is 260 g/mol. The molecule has 0 bridgehead atoms. The molecule has 0 saturated carbocycles. The Morgan fingerprint density at radius 1 is 1.42 bits per heavy atom. The number of ether oxygens (including phenoxy) is 1. The van der Waals surface area contributed by atoms with Crippen molar-refractivity contribution in [1.82, 2.24) is 9.78 Å². The van der Waals surface area contributed by atoms with Gasteiger partial charge in [0.25, 0.3) is 0 Å². The lowest BCUT2D eigenvalue weighted by Gasteiger charge is -2.36. The minimum Gasteiger partial charge on any atom is -0.464 e. The molecule has 19 heavy (non-hydrogen) atoms. The largest absolute Gasteiger partial charge is 0.464 e. The molecule has 0 radical (unpaired) electrons. The van der Waals surface area contributed by atoms with Crippen molar-refractivity contribution < 1.29 is 14.0 Å². The molecule has 0 aliphatic heterocycles.